The van der Waals surface area contributed by atoms with Crippen LogP contribution >= 0.6 is 0 Å². The minimum atomic E-state index is 0.0326. The topological polar surface area (TPSA) is 34.1 Å². The van der Waals surface area contributed by atoms with E-state index in [9.17, 15) is 9.59 Å². The number of ketones is 1. The third-order valence-electron chi connectivity index (χ3n) is 1.77. The van der Waals surface area contributed by atoms with Crippen LogP contribution in [0.2, 0.25) is 0 Å². The number of carbonyl (C=O) groups excluding carboxylic acids is 2. The lowest BCUT2D eigenvalue weighted by Gasteiger charge is -1.95. The molecule has 0 aliphatic heterocycles. The van der Waals surface area contributed by atoms with Crippen molar-refractivity contribution in [2.45, 2.75) is 19.3 Å². The molecule has 1 atom stereocenters. The van der Waals surface area contributed by atoms with Crippen LogP contribution in [0.1, 0.15) is 19.3 Å². The molecule has 1 fully saturated rings. The molecule has 10 heavy (non-hydrogen) atoms. The van der Waals surface area contributed by atoms with Crippen LogP contribution in [0.3, 0.4) is 0 Å². The van der Waals surface area contributed by atoms with Gasteiger partial charge >= 0.3 is 0 Å². The summed E-state index contributed by atoms with van der Waals surface area (Å²) >= 11 is 0. The Morgan fingerprint density at radius 1 is 1.50 bits per heavy atom. The first kappa shape index (κ1) is 7.19. The molecule has 1 rings (SSSR count). The van der Waals surface area contributed by atoms with Crippen LogP contribution < -0.4 is 0 Å². The summed E-state index contributed by atoms with van der Waals surface area (Å²) in [6, 6.07) is 0. The summed E-state index contributed by atoms with van der Waals surface area (Å²) in [6.07, 6.45) is 6.41. The van der Waals surface area contributed by atoms with E-state index in [1.165, 1.54) is 6.08 Å². The highest BCUT2D eigenvalue weighted by molar-refractivity contribution is 5.85. The van der Waals surface area contributed by atoms with Gasteiger partial charge in [-0.15, -0.1) is 0 Å². The fourth-order valence-electron chi connectivity index (χ4n) is 1.23. The number of carbonyl (C=O) groups is 2. The number of hydrogen-bond donors (Lipinski definition) is 0. The van der Waals surface area contributed by atoms with Crippen LogP contribution in [0.25, 0.3) is 0 Å². The molecule has 0 N–H and O–H groups in total. The lowest BCUT2D eigenvalue weighted by Crippen LogP contribution is -2.01. The average molecular weight is 138 g/mol. The summed E-state index contributed by atoms with van der Waals surface area (Å²) in [4.78, 5) is 20.8. The monoisotopic (exact) mass is 138 g/mol. The van der Waals surface area contributed by atoms with E-state index in [1.807, 2.05) is 0 Å². The van der Waals surface area contributed by atoms with Crippen LogP contribution in [-0.4, -0.2) is 12.1 Å². The first-order valence-electron chi connectivity index (χ1n) is 3.49. The highest BCUT2D eigenvalue weighted by Crippen LogP contribution is 2.21. The fourth-order valence-corrected chi connectivity index (χ4v) is 1.23. The van der Waals surface area contributed by atoms with Gasteiger partial charge in [0, 0.05) is 12.3 Å². The largest absolute Gasteiger partial charge is 0.299 e. The van der Waals surface area contributed by atoms with Crippen LogP contribution in [0, 0.1) is 5.92 Å². The van der Waals surface area contributed by atoms with Crippen LogP contribution in [0.4, 0.5) is 0 Å². The van der Waals surface area contributed by atoms with Gasteiger partial charge in [-0.05, 0) is 18.9 Å². The lowest BCUT2D eigenvalue weighted by atomic mass is 10.1. The number of Topliss-reactive ketones (excluding diaryl/α,β-unsaturated/α-hetero) is 1. The Hall–Kier alpha value is -0.920. The second-order valence-corrected chi connectivity index (χ2v) is 2.49. The molecule has 0 amide bonds. The average Bonchev–Trinajstić information content (AvgIpc) is 2.31. The Kier molecular flexibility index (Phi) is 2.37. The molecule has 0 heterocycles. The van der Waals surface area contributed by atoms with E-state index in [0.29, 0.717) is 12.7 Å². The highest BCUT2D eigenvalue weighted by Gasteiger charge is 2.20. The van der Waals surface area contributed by atoms with Gasteiger partial charge < -0.3 is 0 Å². The van der Waals surface area contributed by atoms with E-state index in [0.717, 1.165) is 12.8 Å². The van der Waals surface area contributed by atoms with E-state index in [1.54, 1.807) is 6.08 Å². The predicted molar refractivity (Wildman–Crippen MR) is 37.6 cm³/mol. The zero-order valence-corrected chi connectivity index (χ0v) is 5.75. The van der Waals surface area contributed by atoms with Crippen LogP contribution in [0.5, 0.6) is 0 Å². The van der Waals surface area contributed by atoms with E-state index in [4.69, 9.17) is 0 Å². The molecular formula is C8H10O2. The Morgan fingerprint density at radius 2 is 2.30 bits per heavy atom. The van der Waals surface area contributed by atoms with Gasteiger partial charge in [0.05, 0.1) is 0 Å². The van der Waals surface area contributed by atoms with Gasteiger partial charge in [0.15, 0.2) is 0 Å². The molecule has 0 aromatic rings. The minimum Gasteiger partial charge on any atom is -0.299 e. The maximum atomic E-state index is 10.9. The molecule has 1 saturated carbocycles. The summed E-state index contributed by atoms with van der Waals surface area (Å²) < 4.78 is 0. The van der Waals surface area contributed by atoms with E-state index < -0.39 is 0 Å². The van der Waals surface area contributed by atoms with Gasteiger partial charge in [-0.25, -0.2) is 0 Å². The molecule has 0 saturated heterocycles. The first-order valence-corrected chi connectivity index (χ1v) is 3.49. The van der Waals surface area contributed by atoms with Crippen molar-refractivity contribution in [3.05, 3.63) is 12.2 Å². The molecule has 0 aromatic carbocycles. The van der Waals surface area contributed by atoms with Crippen LogP contribution in [-0.2, 0) is 9.59 Å². The van der Waals surface area contributed by atoms with Crippen molar-refractivity contribution >= 4 is 12.1 Å². The predicted octanol–water partition coefficient (Wildman–Crippen LogP) is 1.11. The normalized spacial score (nSPS) is 26.0. The van der Waals surface area contributed by atoms with Crippen molar-refractivity contribution in [1.82, 2.24) is 0 Å². The van der Waals surface area contributed by atoms with Crippen molar-refractivity contribution < 1.29 is 9.59 Å². The first-order chi connectivity index (χ1) is 4.84. The fraction of sp³-hybridized carbons (Fsp3) is 0.500. The van der Waals surface area contributed by atoms with Crippen molar-refractivity contribution in [2.75, 3.05) is 0 Å². The smallest absolute Gasteiger partial charge is 0.142 e. The molecule has 0 spiro atoms. The van der Waals surface area contributed by atoms with Crippen molar-refractivity contribution in [1.29, 1.82) is 0 Å². The maximum absolute atomic E-state index is 10.9. The molecule has 1 unspecified atom stereocenters. The number of rotatable bonds is 2. The third kappa shape index (κ3) is 1.53. The minimum absolute atomic E-state index is 0.0326. The Bertz CT molecular complexity index is 170. The quantitative estimate of drug-likeness (QED) is 0.423. The molecule has 54 valence electrons. The van der Waals surface area contributed by atoms with E-state index >= 15 is 0 Å². The Morgan fingerprint density at radius 3 is 2.80 bits per heavy atom. The Balaban J connectivity index is 2.47. The zero-order chi connectivity index (χ0) is 7.40. The standard InChI is InChI=1S/C8H10O2/c9-6-2-4-7-3-1-5-8(7)10/h2,4,6-7H,1,3,5H2/b4-2+. The molecule has 1 aliphatic rings. The molecule has 0 radical (unpaired) electrons. The zero-order valence-electron chi connectivity index (χ0n) is 5.75. The van der Waals surface area contributed by atoms with Crippen molar-refractivity contribution in [2.24, 2.45) is 5.92 Å². The molecule has 0 aromatic heterocycles. The second-order valence-electron chi connectivity index (χ2n) is 2.49. The summed E-state index contributed by atoms with van der Waals surface area (Å²) in [5.74, 6) is 0.309. The van der Waals surface area contributed by atoms with Gasteiger partial charge in [-0.1, -0.05) is 6.08 Å². The number of allylic oxidation sites excluding steroid dienone is 2. The van der Waals surface area contributed by atoms with Gasteiger partial charge in [-0.2, -0.15) is 0 Å². The number of hydrogen-bond acceptors (Lipinski definition) is 2. The molecule has 1 aliphatic carbocycles. The summed E-state index contributed by atoms with van der Waals surface area (Å²) in [5.41, 5.74) is 0. The van der Waals surface area contributed by atoms with Crippen LogP contribution in [0.15, 0.2) is 12.2 Å². The van der Waals surface area contributed by atoms with E-state index in [-0.39, 0.29) is 11.7 Å². The lowest BCUT2D eigenvalue weighted by molar-refractivity contribution is -0.119. The summed E-state index contributed by atoms with van der Waals surface area (Å²) in [6.45, 7) is 0. The molecule has 2 heteroatoms. The maximum Gasteiger partial charge on any atom is 0.142 e. The van der Waals surface area contributed by atoms with Gasteiger partial charge in [0.2, 0.25) is 0 Å². The number of aldehydes is 1. The van der Waals surface area contributed by atoms with Gasteiger partial charge in [0.1, 0.15) is 12.1 Å². The van der Waals surface area contributed by atoms with E-state index in [2.05, 4.69) is 0 Å². The summed E-state index contributed by atoms with van der Waals surface area (Å²) in [7, 11) is 0. The van der Waals surface area contributed by atoms with Gasteiger partial charge in [0.25, 0.3) is 0 Å². The Labute approximate surface area is 59.9 Å². The third-order valence-corrected chi connectivity index (χ3v) is 1.77. The van der Waals surface area contributed by atoms with Crippen molar-refractivity contribution in [3.8, 4) is 0 Å². The SMILES string of the molecule is O=C/C=C/C1CCCC1=O. The van der Waals surface area contributed by atoms with Crippen molar-refractivity contribution in [3.63, 3.8) is 0 Å². The second kappa shape index (κ2) is 3.30. The van der Waals surface area contributed by atoms with Gasteiger partial charge in [-0.3, -0.25) is 9.59 Å². The molecule has 2 nitrogen and oxygen atoms in total. The summed E-state index contributed by atoms with van der Waals surface area (Å²) in [5, 5.41) is 0. The highest BCUT2D eigenvalue weighted by atomic mass is 16.1. The molecule has 0 bridgehead atoms. The molecular weight excluding hydrogens is 128 g/mol.